The van der Waals surface area contributed by atoms with E-state index in [1.807, 2.05) is 0 Å². The molecule has 0 bridgehead atoms. The van der Waals surface area contributed by atoms with Gasteiger partial charge in [0, 0.05) is 17.8 Å². The molecule has 0 N–H and O–H groups in total. The van der Waals surface area contributed by atoms with Crippen LogP contribution >= 0.6 is 0 Å². The summed E-state index contributed by atoms with van der Waals surface area (Å²) in [5.74, 6) is 2.59. The SMILES string of the molecule is CC(C)Oc1c(C=NC2CCC(C(C)(C)C)CC2)cccc1C1CCCCC1. The number of aliphatic imine (C=N–C) groups is 1. The average molecular weight is 384 g/mol. The summed E-state index contributed by atoms with van der Waals surface area (Å²) in [5.41, 5.74) is 3.02. The molecule has 0 spiro atoms. The molecule has 2 fully saturated rings. The first-order valence-electron chi connectivity index (χ1n) is 11.7. The van der Waals surface area contributed by atoms with Gasteiger partial charge in [0.1, 0.15) is 5.75 Å². The second-order valence-electron chi connectivity index (χ2n) is 10.4. The van der Waals surface area contributed by atoms with Gasteiger partial charge < -0.3 is 4.74 Å². The Balaban J connectivity index is 1.75. The lowest BCUT2D eigenvalue weighted by molar-refractivity contribution is 0.170. The van der Waals surface area contributed by atoms with Gasteiger partial charge >= 0.3 is 0 Å². The predicted octanol–water partition coefficient (Wildman–Crippen LogP) is 7.55. The summed E-state index contributed by atoms with van der Waals surface area (Å²) in [7, 11) is 0. The van der Waals surface area contributed by atoms with Gasteiger partial charge in [0.05, 0.1) is 6.10 Å². The zero-order valence-corrected chi connectivity index (χ0v) is 18.8. The topological polar surface area (TPSA) is 21.6 Å². The molecule has 2 aliphatic carbocycles. The van der Waals surface area contributed by atoms with Crippen LogP contribution in [0.2, 0.25) is 0 Å². The zero-order valence-electron chi connectivity index (χ0n) is 18.8. The van der Waals surface area contributed by atoms with Gasteiger partial charge in [-0.25, -0.2) is 0 Å². The number of nitrogens with zero attached hydrogens (tertiary/aromatic N) is 1. The molecule has 0 unspecified atom stereocenters. The van der Waals surface area contributed by atoms with Crippen molar-refractivity contribution in [2.75, 3.05) is 0 Å². The molecule has 0 atom stereocenters. The molecule has 3 rings (SSSR count). The number of ether oxygens (including phenoxy) is 1. The minimum Gasteiger partial charge on any atom is -0.490 e. The molecule has 0 amide bonds. The standard InChI is InChI=1S/C26H41NO/c1-19(2)28-25-21(12-9-13-24(25)20-10-7-6-8-11-20)18-27-23-16-14-22(15-17-23)26(3,4)5/h9,12-13,18-20,22-23H,6-8,10-11,14-17H2,1-5H3. The molecule has 0 saturated heterocycles. The Kier molecular flexibility index (Phi) is 7.23. The highest BCUT2D eigenvalue weighted by atomic mass is 16.5. The molecule has 1 aromatic rings. The van der Waals surface area contributed by atoms with Crippen LogP contribution in [-0.4, -0.2) is 18.4 Å². The summed E-state index contributed by atoms with van der Waals surface area (Å²) in [6.07, 6.45) is 14.1. The fraction of sp³-hybridized carbons (Fsp3) is 0.731. The van der Waals surface area contributed by atoms with Crippen molar-refractivity contribution in [1.29, 1.82) is 0 Å². The van der Waals surface area contributed by atoms with E-state index < -0.39 is 0 Å². The first-order chi connectivity index (χ1) is 13.3. The summed E-state index contributed by atoms with van der Waals surface area (Å²) in [4.78, 5) is 5.02. The van der Waals surface area contributed by atoms with Crippen LogP contribution in [0.4, 0.5) is 0 Å². The van der Waals surface area contributed by atoms with Gasteiger partial charge in [-0.2, -0.15) is 0 Å². The number of benzene rings is 1. The van der Waals surface area contributed by atoms with Crippen molar-refractivity contribution in [2.24, 2.45) is 16.3 Å². The maximum Gasteiger partial charge on any atom is 0.131 e. The van der Waals surface area contributed by atoms with Crippen molar-refractivity contribution in [3.8, 4) is 5.75 Å². The van der Waals surface area contributed by atoms with E-state index in [1.165, 1.54) is 68.9 Å². The van der Waals surface area contributed by atoms with E-state index in [2.05, 4.69) is 59.0 Å². The van der Waals surface area contributed by atoms with Crippen LogP contribution in [-0.2, 0) is 0 Å². The molecule has 156 valence electrons. The highest BCUT2D eigenvalue weighted by molar-refractivity contribution is 5.84. The first kappa shape index (κ1) is 21.4. The van der Waals surface area contributed by atoms with Gasteiger partial charge in [-0.15, -0.1) is 0 Å². The van der Waals surface area contributed by atoms with Crippen LogP contribution in [0.15, 0.2) is 23.2 Å². The number of hydrogen-bond acceptors (Lipinski definition) is 2. The van der Waals surface area contributed by atoms with E-state index in [1.54, 1.807) is 0 Å². The Labute approximate surface area is 173 Å². The van der Waals surface area contributed by atoms with Crippen molar-refractivity contribution < 1.29 is 4.74 Å². The molecular weight excluding hydrogens is 342 g/mol. The minimum absolute atomic E-state index is 0.194. The maximum atomic E-state index is 6.34. The smallest absolute Gasteiger partial charge is 0.131 e. The van der Waals surface area contributed by atoms with Gasteiger partial charge in [-0.1, -0.05) is 52.2 Å². The monoisotopic (exact) mass is 383 g/mol. The lowest BCUT2D eigenvalue weighted by Crippen LogP contribution is -2.27. The molecular formula is C26H41NO. The molecule has 0 aliphatic heterocycles. The van der Waals surface area contributed by atoms with E-state index >= 15 is 0 Å². The van der Waals surface area contributed by atoms with Crippen molar-refractivity contribution >= 4 is 6.21 Å². The molecule has 0 radical (unpaired) electrons. The Bertz CT molecular complexity index is 641. The van der Waals surface area contributed by atoms with Gasteiger partial charge in [0.15, 0.2) is 0 Å². The second kappa shape index (κ2) is 9.46. The molecule has 1 aromatic carbocycles. The van der Waals surface area contributed by atoms with Gasteiger partial charge in [-0.05, 0) is 81.3 Å². The maximum absolute atomic E-state index is 6.34. The highest BCUT2D eigenvalue weighted by Gasteiger charge is 2.29. The Hall–Kier alpha value is -1.31. The lowest BCUT2D eigenvalue weighted by Gasteiger charge is -2.35. The van der Waals surface area contributed by atoms with E-state index in [9.17, 15) is 0 Å². The molecule has 2 saturated carbocycles. The molecule has 28 heavy (non-hydrogen) atoms. The first-order valence-corrected chi connectivity index (χ1v) is 11.7. The third kappa shape index (κ3) is 5.61. The predicted molar refractivity (Wildman–Crippen MR) is 121 cm³/mol. The summed E-state index contributed by atoms with van der Waals surface area (Å²) < 4.78 is 6.34. The summed E-state index contributed by atoms with van der Waals surface area (Å²) in [5, 5.41) is 0. The van der Waals surface area contributed by atoms with Crippen LogP contribution in [0.5, 0.6) is 5.75 Å². The van der Waals surface area contributed by atoms with Gasteiger partial charge in [0.2, 0.25) is 0 Å². The third-order valence-electron chi connectivity index (χ3n) is 6.82. The minimum atomic E-state index is 0.194. The van der Waals surface area contributed by atoms with Crippen molar-refractivity contribution in [2.45, 2.75) is 110 Å². The summed E-state index contributed by atoms with van der Waals surface area (Å²) >= 11 is 0. The normalized spacial score (nSPS) is 24.8. The van der Waals surface area contributed by atoms with Gasteiger partial charge in [0.25, 0.3) is 0 Å². The van der Waals surface area contributed by atoms with Crippen LogP contribution in [0.25, 0.3) is 0 Å². The van der Waals surface area contributed by atoms with E-state index in [-0.39, 0.29) is 6.10 Å². The van der Waals surface area contributed by atoms with Gasteiger partial charge in [-0.3, -0.25) is 4.99 Å². The highest BCUT2D eigenvalue weighted by Crippen LogP contribution is 2.40. The van der Waals surface area contributed by atoms with E-state index in [0.717, 1.165) is 11.7 Å². The quantitative estimate of drug-likeness (QED) is 0.481. The van der Waals surface area contributed by atoms with Crippen molar-refractivity contribution in [3.63, 3.8) is 0 Å². The molecule has 0 aromatic heterocycles. The van der Waals surface area contributed by atoms with Crippen molar-refractivity contribution in [3.05, 3.63) is 29.3 Å². The number of hydrogen-bond donors (Lipinski definition) is 0. The third-order valence-corrected chi connectivity index (χ3v) is 6.82. The Morgan fingerprint density at radius 3 is 2.25 bits per heavy atom. The number of para-hydroxylation sites is 1. The fourth-order valence-corrected chi connectivity index (χ4v) is 5.06. The number of rotatable bonds is 5. The molecule has 2 heteroatoms. The van der Waals surface area contributed by atoms with E-state index in [0.29, 0.717) is 17.4 Å². The van der Waals surface area contributed by atoms with Crippen LogP contribution in [0, 0.1) is 11.3 Å². The van der Waals surface area contributed by atoms with Crippen molar-refractivity contribution in [1.82, 2.24) is 0 Å². The zero-order chi connectivity index (χ0) is 20.1. The average Bonchev–Trinajstić information content (AvgIpc) is 2.67. The molecule has 2 nitrogen and oxygen atoms in total. The van der Waals surface area contributed by atoms with Crippen LogP contribution in [0.1, 0.15) is 109 Å². The fourth-order valence-electron chi connectivity index (χ4n) is 5.06. The van der Waals surface area contributed by atoms with E-state index in [4.69, 9.17) is 9.73 Å². The molecule has 0 heterocycles. The Morgan fingerprint density at radius 1 is 0.964 bits per heavy atom. The summed E-state index contributed by atoms with van der Waals surface area (Å²) in [6.45, 7) is 11.4. The summed E-state index contributed by atoms with van der Waals surface area (Å²) in [6, 6.07) is 7.16. The van der Waals surface area contributed by atoms with Crippen LogP contribution < -0.4 is 4.74 Å². The molecule has 2 aliphatic rings. The largest absolute Gasteiger partial charge is 0.490 e. The Morgan fingerprint density at radius 2 is 1.64 bits per heavy atom. The lowest BCUT2D eigenvalue weighted by atomic mass is 9.71. The van der Waals surface area contributed by atoms with Crippen LogP contribution in [0.3, 0.4) is 0 Å². The second-order valence-corrected chi connectivity index (χ2v) is 10.4.